The average Bonchev–Trinajstić information content (AvgIpc) is 2.86. The van der Waals surface area contributed by atoms with Gasteiger partial charge in [0.15, 0.2) is 0 Å². The van der Waals surface area contributed by atoms with E-state index in [2.05, 4.69) is 5.32 Å². The van der Waals surface area contributed by atoms with Crippen molar-refractivity contribution in [1.29, 1.82) is 0 Å². The number of nitrogens with one attached hydrogen (secondary N) is 1. The van der Waals surface area contributed by atoms with E-state index in [1.165, 1.54) is 6.26 Å². The topological polar surface area (TPSA) is 51.5 Å². The molecule has 1 aliphatic rings. The van der Waals surface area contributed by atoms with Gasteiger partial charge in [-0.05, 0) is 32.8 Å². The number of carbonyl (C=O) groups excluding carboxylic acids is 1. The van der Waals surface area contributed by atoms with E-state index < -0.39 is 0 Å². The second-order valence-electron chi connectivity index (χ2n) is 4.20. The van der Waals surface area contributed by atoms with Gasteiger partial charge in [0.2, 0.25) is 0 Å². The Balaban J connectivity index is 1.94. The Morgan fingerprint density at radius 3 is 3.00 bits per heavy atom. The maximum Gasteiger partial charge on any atom is 0.255 e. The molecule has 0 bridgehead atoms. The summed E-state index contributed by atoms with van der Waals surface area (Å²) in [6.45, 7) is 4.56. The summed E-state index contributed by atoms with van der Waals surface area (Å²) in [7, 11) is 0. The van der Waals surface area contributed by atoms with Crippen LogP contribution in [0.25, 0.3) is 0 Å². The summed E-state index contributed by atoms with van der Waals surface area (Å²) < 4.78 is 10.6. The number of rotatable bonds is 3. The first-order valence-corrected chi connectivity index (χ1v) is 5.65. The molecule has 0 spiro atoms. The van der Waals surface area contributed by atoms with Crippen LogP contribution in [0.3, 0.4) is 0 Å². The molecule has 4 nitrogen and oxygen atoms in total. The Hall–Kier alpha value is -1.29. The Labute approximate surface area is 95.0 Å². The average molecular weight is 223 g/mol. The number of carbonyl (C=O) groups is 1. The minimum atomic E-state index is -0.0887. The Kier molecular flexibility index (Phi) is 3.29. The second-order valence-corrected chi connectivity index (χ2v) is 4.20. The molecular weight excluding hydrogens is 206 g/mol. The van der Waals surface area contributed by atoms with Crippen molar-refractivity contribution in [3.05, 3.63) is 23.7 Å². The monoisotopic (exact) mass is 223 g/mol. The second kappa shape index (κ2) is 4.70. The number of furan rings is 1. The zero-order chi connectivity index (χ0) is 11.5. The molecule has 1 aliphatic heterocycles. The molecule has 0 aliphatic carbocycles. The molecule has 1 N–H and O–H groups in total. The van der Waals surface area contributed by atoms with Crippen LogP contribution >= 0.6 is 0 Å². The first-order valence-electron chi connectivity index (χ1n) is 5.65. The molecular formula is C12H17NO3. The summed E-state index contributed by atoms with van der Waals surface area (Å²) in [6, 6.07) is 1.73. The third-order valence-corrected chi connectivity index (χ3v) is 2.98. The van der Waals surface area contributed by atoms with Crippen LogP contribution in [0.5, 0.6) is 0 Å². The normalized spacial score (nSPS) is 22.0. The highest BCUT2D eigenvalue weighted by Crippen LogP contribution is 2.16. The van der Waals surface area contributed by atoms with Crippen LogP contribution in [0.15, 0.2) is 16.7 Å². The first kappa shape index (κ1) is 11.2. The van der Waals surface area contributed by atoms with E-state index in [0.717, 1.165) is 19.4 Å². The quantitative estimate of drug-likeness (QED) is 0.851. The Morgan fingerprint density at radius 2 is 2.44 bits per heavy atom. The van der Waals surface area contributed by atoms with Crippen molar-refractivity contribution < 1.29 is 13.9 Å². The third kappa shape index (κ3) is 2.27. The molecule has 16 heavy (non-hydrogen) atoms. The van der Waals surface area contributed by atoms with Crippen molar-refractivity contribution in [3.8, 4) is 0 Å². The standard InChI is InChI=1S/C12H17NO3/c1-8(11-4-3-6-16-11)13-12(14)10-5-7-15-9(10)2/h5,7-8,11H,3-4,6H2,1-2H3,(H,13,14)/t8-,11-/m0/s1. The van der Waals surface area contributed by atoms with Crippen molar-refractivity contribution in [1.82, 2.24) is 5.32 Å². The minimum absolute atomic E-state index is 0.0456. The van der Waals surface area contributed by atoms with Gasteiger partial charge in [0.05, 0.1) is 24.0 Å². The summed E-state index contributed by atoms with van der Waals surface area (Å²) in [5, 5.41) is 2.94. The highest BCUT2D eigenvalue weighted by molar-refractivity contribution is 5.95. The van der Waals surface area contributed by atoms with Crippen LogP contribution < -0.4 is 5.32 Å². The predicted molar refractivity (Wildman–Crippen MR) is 59.3 cm³/mol. The van der Waals surface area contributed by atoms with Gasteiger partial charge >= 0.3 is 0 Å². The maximum absolute atomic E-state index is 11.9. The van der Waals surface area contributed by atoms with Crippen LogP contribution in [0.4, 0.5) is 0 Å². The van der Waals surface area contributed by atoms with Gasteiger partial charge < -0.3 is 14.5 Å². The van der Waals surface area contributed by atoms with Crippen molar-refractivity contribution in [2.24, 2.45) is 0 Å². The number of ether oxygens (including phenoxy) is 1. The summed E-state index contributed by atoms with van der Waals surface area (Å²) in [5.41, 5.74) is 0.602. The molecule has 0 aromatic carbocycles. The van der Waals surface area contributed by atoms with Gasteiger partial charge in [0.1, 0.15) is 5.76 Å². The van der Waals surface area contributed by atoms with Crippen LogP contribution in [0.2, 0.25) is 0 Å². The fourth-order valence-electron chi connectivity index (χ4n) is 1.99. The fourth-order valence-corrected chi connectivity index (χ4v) is 1.99. The lowest BCUT2D eigenvalue weighted by molar-refractivity contribution is 0.0711. The lowest BCUT2D eigenvalue weighted by Gasteiger charge is -2.19. The van der Waals surface area contributed by atoms with Gasteiger partial charge in [-0.15, -0.1) is 0 Å². The van der Waals surface area contributed by atoms with Crippen LogP contribution in [0.1, 0.15) is 35.9 Å². The van der Waals surface area contributed by atoms with Gasteiger partial charge in [-0.25, -0.2) is 0 Å². The predicted octanol–water partition coefficient (Wildman–Crippen LogP) is 1.89. The van der Waals surface area contributed by atoms with E-state index >= 15 is 0 Å². The zero-order valence-corrected chi connectivity index (χ0v) is 9.66. The number of aryl methyl sites for hydroxylation is 1. The number of amides is 1. The first-order chi connectivity index (χ1) is 7.68. The molecule has 2 atom stereocenters. The maximum atomic E-state index is 11.9. The highest BCUT2D eigenvalue weighted by atomic mass is 16.5. The van der Waals surface area contributed by atoms with Crippen molar-refractivity contribution in [2.75, 3.05) is 6.61 Å². The minimum Gasteiger partial charge on any atom is -0.469 e. The third-order valence-electron chi connectivity index (χ3n) is 2.98. The van der Waals surface area contributed by atoms with Gasteiger partial charge in [-0.3, -0.25) is 4.79 Å². The van der Waals surface area contributed by atoms with E-state index in [1.54, 1.807) is 13.0 Å². The van der Waals surface area contributed by atoms with E-state index in [9.17, 15) is 4.79 Å². The van der Waals surface area contributed by atoms with E-state index in [0.29, 0.717) is 11.3 Å². The van der Waals surface area contributed by atoms with Gasteiger partial charge in [0.25, 0.3) is 5.91 Å². The molecule has 1 aromatic heterocycles. The molecule has 2 rings (SSSR count). The summed E-state index contributed by atoms with van der Waals surface area (Å²) in [4.78, 5) is 11.9. The van der Waals surface area contributed by atoms with Gasteiger partial charge in [-0.1, -0.05) is 0 Å². The Bertz CT molecular complexity index is 366. The molecule has 0 saturated carbocycles. The lowest BCUT2D eigenvalue weighted by Crippen LogP contribution is -2.40. The molecule has 88 valence electrons. The van der Waals surface area contributed by atoms with Crippen molar-refractivity contribution in [2.45, 2.75) is 38.8 Å². The smallest absolute Gasteiger partial charge is 0.255 e. The molecule has 1 saturated heterocycles. The molecule has 4 heteroatoms. The lowest BCUT2D eigenvalue weighted by atomic mass is 10.1. The van der Waals surface area contributed by atoms with Crippen molar-refractivity contribution in [3.63, 3.8) is 0 Å². The summed E-state index contributed by atoms with van der Waals surface area (Å²) in [6.07, 6.45) is 3.78. The van der Waals surface area contributed by atoms with E-state index in [1.807, 2.05) is 6.92 Å². The molecule has 0 unspecified atom stereocenters. The van der Waals surface area contributed by atoms with Gasteiger partial charge in [0, 0.05) is 6.61 Å². The van der Waals surface area contributed by atoms with Crippen LogP contribution in [0, 0.1) is 6.92 Å². The molecule has 1 fully saturated rings. The number of hydrogen-bond acceptors (Lipinski definition) is 3. The van der Waals surface area contributed by atoms with E-state index in [-0.39, 0.29) is 18.1 Å². The zero-order valence-electron chi connectivity index (χ0n) is 9.66. The summed E-state index contributed by atoms with van der Waals surface area (Å²) >= 11 is 0. The molecule has 1 aromatic rings. The Morgan fingerprint density at radius 1 is 1.62 bits per heavy atom. The molecule has 2 heterocycles. The largest absolute Gasteiger partial charge is 0.469 e. The SMILES string of the molecule is Cc1occc1C(=O)N[C@@H](C)[C@@H]1CCCO1. The fraction of sp³-hybridized carbons (Fsp3) is 0.583. The van der Waals surface area contributed by atoms with E-state index in [4.69, 9.17) is 9.15 Å². The van der Waals surface area contributed by atoms with Crippen LogP contribution in [-0.4, -0.2) is 24.7 Å². The van der Waals surface area contributed by atoms with Gasteiger partial charge in [-0.2, -0.15) is 0 Å². The van der Waals surface area contributed by atoms with Crippen molar-refractivity contribution >= 4 is 5.91 Å². The molecule has 1 amide bonds. The molecule has 0 radical (unpaired) electrons. The highest BCUT2D eigenvalue weighted by Gasteiger charge is 2.24. The number of hydrogen-bond donors (Lipinski definition) is 1. The van der Waals surface area contributed by atoms with Crippen LogP contribution in [-0.2, 0) is 4.74 Å². The summed E-state index contributed by atoms with van der Waals surface area (Å²) in [5.74, 6) is 0.561.